The molecule has 15 heavy (non-hydrogen) atoms. The van der Waals surface area contributed by atoms with E-state index in [1.54, 1.807) is 19.2 Å². The van der Waals surface area contributed by atoms with Crippen LogP contribution in [0.5, 0.6) is 0 Å². The highest BCUT2D eigenvalue weighted by molar-refractivity contribution is 5.73. The Balaban J connectivity index is 2.72. The van der Waals surface area contributed by atoms with Crippen LogP contribution in [0.1, 0.15) is 11.3 Å². The maximum Gasteiger partial charge on any atom is 0.321 e. The number of rotatable bonds is 4. The Hall–Kier alpha value is -1.93. The van der Waals surface area contributed by atoms with Crippen LogP contribution in [-0.4, -0.2) is 29.1 Å². The lowest BCUT2D eigenvalue weighted by molar-refractivity contribution is -0.139. The summed E-state index contributed by atoms with van der Waals surface area (Å²) < 4.78 is 0. The van der Waals surface area contributed by atoms with E-state index in [-0.39, 0.29) is 0 Å². The van der Waals surface area contributed by atoms with Gasteiger partial charge in [-0.25, -0.2) is 4.98 Å². The first-order chi connectivity index (χ1) is 7.17. The van der Waals surface area contributed by atoms with Gasteiger partial charge < -0.3 is 10.4 Å². The van der Waals surface area contributed by atoms with E-state index in [9.17, 15) is 4.79 Å². The maximum atomic E-state index is 10.7. The summed E-state index contributed by atoms with van der Waals surface area (Å²) in [7, 11) is 1.59. The molecular formula is C10H11N3O2. The third-order valence-corrected chi connectivity index (χ3v) is 2.03. The van der Waals surface area contributed by atoms with E-state index >= 15 is 0 Å². The molecule has 0 saturated carbocycles. The fourth-order valence-electron chi connectivity index (χ4n) is 1.16. The van der Waals surface area contributed by atoms with Gasteiger partial charge in [0.25, 0.3) is 0 Å². The first-order valence-corrected chi connectivity index (χ1v) is 4.42. The van der Waals surface area contributed by atoms with Gasteiger partial charge in [-0.1, -0.05) is 6.07 Å². The molecule has 0 unspecified atom stereocenters. The first kappa shape index (κ1) is 11.1. The first-order valence-electron chi connectivity index (χ1n) is 4.42. The van der Waals surface area contributed by atoms with Gasteiger partial charge >= 0.3 is 5.97 Å². The van der Waals surface area contributed by atoms with E-state index in [0.717, 1.165) is 5.56 Å². The Kier molecular flexibility index (Phi) is 3.77. The minimum absolute atomic E-state index is 0.329. The molecule has 0 aliphatic rings. The smallest absolute Gasteiger partial charge is 0.321 e. The molecule has 0 radical (unpaired) electrons. The Labute approximate surface area is 87.4 Å². The zero-order valence-corrected chi connectivity index (χ0v) is 8.27. The third-order valence-electron chi connectivity index (χ3n) is 2.03. The summed E-state index contributed by atoms with van der Waals surface area (Å²) in [5, 5.41) is 20.0. The lowest BCUT2D eigenvalue weighted by atomic mass is 10.1. The molecule has 0 spiro atoms. The predicted molar refractivity (Wildman–Crippen MR) is 53.1 cm³/mol. The van der Waals surface area contributed by atoms with Gasteiger partial charge in [-0.3, -0.25) is 4.79 Å². The lowest BCUT2D eigenvalue weighted by Gasteiger charge is -2.10. The number of hydrogen-bond acceptors (Lipinski definition) is 4. The summed E-state index contributed by atoms with van der Waals surface area (Å²) in [6.45, 7) is 0. The molecule has 78 valence electrons. The Morgan fingerprint density at radius 3 is 2.87 bits per heavy atom. The molecule has 1 heterocycles. The molecule has 5 heteroatoms. The second kappa shape index (κ2) is 5.08. The van der Waals surface area contributed by atoms with Crippen LogP contribution in [0.15, 0.2) is 18.3 Å². The van der Waals surface area contributed by atoms with Crippen molar-refractivity contribution in [2.24, 2.45) is 0 Å². The quantitative estimate of drug-likeness (QED) is 0.731. The number of carbonyl (C=O) groups is 1. The second-order valence-electron chi connectivity index (χ2n) is 3.05. The number of aromatic nitrogens is 1. The van der Waals surface area contributed by atoms with Gasteiger partial charge in [-0.2, -0.15) is 5.26 Å². The van der Waals surface area contributed by atoms with E-state index in [1.807, 2.05) is 6.07 Å². The minimum Gasteiger partial charge on any atom is -0.480 e. The van der Waals surface area contributed by atoms with E-state index < -0.39 is 12.0 Å². The van der Waals surface area contributed by atoms with E-state index in [1.165, 1.54) is 6.20 Å². The molecular weight excluding hydrogens is 194 g/mol. The zero-order chi connectivity index (χ0) is 11.3. The van der Waals surface area contributed by atoms with Crippen LogP contribution in [0.2, 0.25) is 0 Å². The minimum atomic E-state index is -0.901. The molecule has 0 amide bonds. The largest absolute Gasteiger partial charge is 0.480 e. The summed E-state index contributed by atoms with van der Waals surface area (Å²) in [5.74, 6) is -0.901. The monoisotopic (exact) mass is 205 g/mol. The van der Waals surface area contributed by atoms with Gasteiger partial charge in [0.2, 0.25) is 0 Å². The standard InChI is InChI=1S/C10H11N3O2/c1-12-9(10(14)15)4-7-2-3-8(5-11)13-6-7/h2-3,6,9,12H,4H2,1H3,(H,14,15)/t9-/m0/s1. The molecule has 1 rings (SSSR count). The van der Waals surface area contributed by atoms with Gasteiger partial charge in [0.05, 0.1) is 0 Å². The number of nitrogens with one attached hydrogen (secondary N) is 1. The zero-order valence-electron chi connectivity index (χ0n) is 8.27. The number of carboxylic acids is 1. The van der Waals surface area contributed by atoms with Crippen molar-refractivity contribution in [1.29, 1.82) is 5.26 Å². The van der Waals surface area contributed by atoms with Crippen molar-refractivity contribution in [2.75, 3.05) is 7.05 Å². The molecule has 1 aromatic heterocycles. The van der Waals surface area contributed by atoms with E-state index in [4.69, 9.17) is 10.4 Å². The molecule has 5 nitrogen and oxygen atoms in total. The fraction of sp³-hybridized carbons (Fsp3) is 0.300. The van der Waals surface area contributed by atoms with Gasteiger partial charge in [-0.15, -0.1) is 0 Å². The van der Waals surface area contributed by atoms with Gasteiger partial charge in [0, 0.05) is 6.20 Å². The molecule has 0 aliphatic carbocycles. The van der Waals surface area contributed by atoms with Crippen molar-refractivity contribution in [3.05, 3.63) is 29.6 Å². The number of carboxylic acid groups (broad SMARTS) is 1. The van der Waals surface area contributed by atoms with Gasteiger partial charge in [0.15, 0.2) is 0 Å². The van der Waals surface area contributed by atoms with Crippen LogP contribution in [0.3, 0.4) is 0 Å². The second-order valence-corrected chi connectivity index (χ2v) is 3.05. The number of aliphatic carboxylic acids is 1. The van der Waals surface area contributed by atoms with Crippen LogP contribution in [0, 0.1) is 11.3 Å². The van der Waals surface area contributed by atoms with E-state index in [2.05, 4.69) is 10.3 Å². The fourth-order valence-corrected chi connectivity index (χ4v) is 1.16. The van der Waals surface area contributed by atoms with Crippen LogP contribution in [0.25, 0.3) is 0 Å². The molecule has 1 aromatic rings. The average Bonchev–Trinajstić information content (AvgIpc) is 2.26. The summed E-state index contributed by atoms with van der Waals surface area (Å²) in [6.07, 6.45) is 1.87. The van der Waals surface area contributed by atoms with Crippen LogP contribution in [-0.2, 0) is 11.2 Å². The van der Waals surface area contributed by atoms with Crippen LogP contribution >= 0.6 is 0 Å². The van der Waals surface area contributed by atoms with E-state index in [0.29, 0.717) is 12.1 Å². The number of hydrogen-bond donors (Lipinski definition) is 2. The molecule has 2 N–H and O–H groups in total. The lowest BCUT2D eigenvalue weighted by Crippen LogP contribution is -2.35. The molecule has 0 fully saturated rings. The van der Waals surface area contributed by atoms with Crippen molar-refractivity contribution < 1.29 is 9.90 Å². The summed E-state index contributed by atoms with van der Waals surface area (Å²) in [6, 6.07) is 4.56. The van der Waals surface area contributed by atoms with Crippen LogP contribution < -0.4 is 5.32 Å². The molecule has 1 atom stereocenters. The maximum absolute atomic E-state index is 10.7. The summed E-state index contributed by atoms with van der Waals surface area (Å²) >= 11 is 0. The highest BCUT2D eigenvalue weighted by Crippen LogP contribution is 2.03. The van der Waals surface area contributed by atoms with Crippen molar-refractivity contribution in [3.63, 3.8) is 0 Å². The Morgan fingerprint density at radius 1 is 1.73 bits per heavy atom. The topological polar surface area (TPSA) is 86.0 Å². The Morgan fingerprint density at radius 2 is 2.47 bits per heavy atom. The number of nitrogens with zero attached hydrogens (tertiary/aromatic N) is 2. The molecule has 0 bridgehead atoms. The average molecular weight is 205 g/mol. The summed E-state index contributed by atoms with van der Waals surface area (Å²) in [5.41, 5.74) is 1.12. The molecule has 0 saturated heterocycles. The highest BCUT2D eigenvalue weighted by atomic mass is 16.4. The predicted octanol–water partition coefficient (Wildman–Crippen LogP) is 0.168. The van der Waals surface area contributed by atoms with Crippen molar-refractivity contribution in [3.8, 4) is 6.07 Å². The SMILES string of the molecule is CN[C@@H](Cc1ccc(C#N)nc1)C(=O)O. The molecule has 0 aromatic carbocycles. The Bertz CT molecular complexity index is 381. The van der Waals surface area contributed by atoms with Crippen molar-refractivity contribution in [1.82, 2.24) is 10.3 Å². The number of pyridine rings is 1. The van der Waals surface area contributed by atoms with Gasteiger partial charge in [-0.05, 0) is 25.1 Å². The van der Waals surface area contributed by atoms with Gasteiger partial charge in [0.1, 0.15) is 17.8 Å². The molecule has 0 aliphatic heterocycles. The third kappa shape index (κ3) is 3.04. The highest BCUT2D eigenvalue weighted by Gasteiger charge is 2.15. The summed E-state index contributed by atoms with van der Waals surface area (Å²) in [4.78, 5) is 14.6. The van der Waals surface area contributed by atoms with Crippen LogP contribution in [0.4, 0.5) is 0 Å². The normalized spacial score (nSPS) is 11.7. The number of likely N-dealkylation sites (N-methyl/N-ethyl adjacent to an activating group) is 1. The van der Waals surface area contributed by atoms with Crippen molar-refractivity contribution >= 4 is 5.97 Å². The number of nitriles is 1. The van der Waals surface area contributed by atoms with Crippen molar-refractivity contribution in [2.45, 2.75) is 12.5 Å².